The number of ether oxygens (including phenoxy) is 1. The summed E-state index contributed by atoms with van der Waals surface area (Å²) in [6.07, 6.45) is 2.40. The molecule has 2 aromatic carbocycles. The summed E-state index contributed by atoms with van der Waals surface area (Å²) in [7, 11) is 1.68. The van der Waals surface area contributed by atoms with Crippen molar-refractivity contribution in [1.82, 2.24) is 5.32 Å². The normalized spacial score (nSPS) is 14.6. The average molecular weight is 397 g/mol. The van der Waals surface area contributed by atoms with Crippen LogP contribution in [0.3, 0.4) is 0 Å². The van der Waals surface area contributed by atoms with E-state index in [-0.39, 0.29) is 24.0 Å². The second kappa shape index (κ2) is 6.98. The first-order chi connectivity index (χ1) is 9.74. The van der Waals surface area contributed by atoms with Crippen molar-refractivity contribution in [3.05, 3.63) is 42.0 Å². The van der Waals surface area contributed by atoms with Crippen molar-refractivity contribution in [1.29, 1.82) is 0 Å². The Hall–Kier alpha value is -1.50. The van der Waals surface area contributed by atoms with Crippen molar-refractivity contribution >= 4 is 40.7 Å². The molecule has 3 N–H and O–H groups in total. The minimum atomic E-state index is 0. The van der Waals surface area contributed by atoms with Gasteiger partial charge in [0.25, 0.3) is 0 Å². The molecule has 0 unspecified atom stereocenters. The van der Waals surface area contributed by atoms with Crippen LogP contribution in [0, 0.1) is 0 Å². The maximum absolute atomic E-state index is 5.84. The molecule has 0 atom stereocenters. The van der Waals surface area contributed by atoms with Crippen LogP contribution < -0.4 is 15.8 Å². The van der Waals surface area contributed by atoms with Gasteiger partial charge in [-0.25, -0.2) is 4.99 Å². The zero-order valence-corrected chi connectivity index (χ0v) is 14.3. The van der Waals surface area contributed by atoms with Gasteiger partial charge in [-0.3, -0.25) is 0 Å². The SMILES string of the molecule is COc1ccc2cc(CN=C(N)NC3CC3)ccc2c1.I. The minimum Gasteiger partial charge on any atom is -0.497 e. The average Bonchev–Trinajstić information content (AvgIpc) is 3.28. The molecule has 0 aliphatic heterocycles. The van der Waals surface area contributed by atoms with E-state index in [1.54, 1.807) is 7.11 Å². The molecule has 0 radical (unpaired) electrons. The van der Waals surface area contributed by atoms with E-state index in [9.17, 15) is 0 Å². The number of rotatable bonds is 4. The second-order valence-corrected chi connectivity index (χ2v) is 5.17. The van der Waals surface area contributed by atoms with E-state index < -0.39 is 0 Å². The standard InChI is InChI=1S/C16H19N3O.HI/c1-20-15-7-4-12-8-11(2-3-13(12)9-15)10-18-16(17)19-14-5-6-14;/h2-4,7-9,14H,5-6,10H2,1H3,(H3,17,18,19);1H. The molecule has 21 heavy (non-hydrogen) atoms. The Morgan fingerprint density at radius 2 is 1.95 bits per heavy atom. The van der Waals surface area contributed by atoms with Crippen LogP contribution in [0.25, 0.3) is 10.8 Å². The summed E-state index contributed by atoms with van der Waals surface area (Å²) in [5.41, 5.74) is 6.99. The molecule has 3 rings (SSSR count). The van der Waals surface area contributed by atoms with E-state index in [1.165, 1.54) is 23.6 Å². The van der Waals surface area contributed by atoms with Gasteiger partial charge in [-0.1, -0.05) is 18.2 Å². The fraction of sp³-hybridized carbons (Fsp3) is 0.312. The van der Waals surface area contributed by atoms with Gasteiger partial charge >= 0.3 is 0 Å². The Labute approximate surface area is 141 Å². The fourth-order valence-electron chi connectivity index (χ4n) is 2.16. The molecule has 1 aliphatic carbocycles. The smallest absolute Gasteiger partial charge is 0.189 e. The molecule has 0 heterocycles. The first-order valence-corrected chi connectivity index (χ1v) is 6.88. The summed E-state index contributed by atoms with van der Waals surface area (Å²) < 4.78 is 5.23. The molecule has 4 nitrogen and oxygen atoms in total. The molecule has 1 aliphatic rings. The number of benzene rings is 2. The summed E-state index contributed by atoms with van der Waals surface area (Å²) in [6.45, 7) is 0.605. The Bertz CT molecular complexity index is 653. The van der Waals surface area contributed by atoms with Crippen LogP contribution in [0.1, 0.15) is 18.4 Å². The Morgan fingerprint density at radius 3 is 2.67 bits per heavy atom. The number of nitrogens with two attached hydrogens (primary N) is 1. The van der Waals surface area contributed by atoms with Crippen LogP contribution in [0.4, 0.5) is 0 Å². The molecule has 0 bridgehead atoms. The molecular formula is C16H20IN3O. The number of nitrogens with zero attached hydrogens (tertiary/aromatic N) is 1. The highest BCUT2D eigenvalue weighted by molar-refractivity contribution is 14.0. The van der Waals surface area contributed by atoms with E-state index in [1.807, 2.05) is 12.1 Å². The van der Waals surface area contributed by atoms with E-state index in [0.29, 0.717) is 18.5 Å². The monoisotopic (exact) mass is 397 g/mol. The van der Waals surface area contributed by atoms with Gasteiger partial charge < -0.3 is 15.8 Å². The number of fused-ring (bicyclic) bond motifs is 1. The van der Waals surface area contributed by atoms with Gasteiger partial charge in [0.05, 0.1) is 13.7 Å². The predicted octanol–water partition coefficient (Wildman–Crippen LogP) is 3.03. The summed E-state index contributed by atoms with van der Waals surface area (Å²) in [6, 6.07) is 12.9. The topological polar surface area (TPSA) is 59.6 Å². The number of nitrogens with one attached hydrogen (secondary N) is 1. The fourth-order valence-corrected chi connectivity index (χ4v) is 2.16. The van der Waals surface area contributed by atoms with E-state index >= 15 is 0 Å². The Balaban J connectivity index is 0.00000161. The van der Waals surface area contributed by atoms with Crippen molar-refractivity contribution in [2.75, 3.05) is 7.11 Å². The summed E-state index contributed by atoms with van der Waals surface area (Å²) in [5, 5.41) is 5.54. The maximum atomic E-state index is 5.84. The van der Waals surface area contributed by atoms with Crippen LogP contribution in [-0.2, 0) is 6.54 Å². The Kier molecular flexibility index (Phi) is 5.27. The van der Waals surface area contributed by atoms with Gasteiger partial charge in [-0.05, 0) is 47.4 Å². The number of guanidine groups is 1. The zero-order chi connectivity index (χ0) is 13.9. The van der Waals surface area contributed by atoms with Crippen molar-refractivity contribution in [2.45, 2.75) is 25.4 Å². The Morgan fingerprint density at radius 1 is 1.24 bits per heavy atom. The van der Waals surface area contributed by atoms with Crippen LogP contribution in [-0.4, -0.2) is 19.1 Å². The van der Waals surface area contributed by atoms with Crippen molar-refractivity contribution in [3.8, 4) is 5.75 Å². The third-order valence-electron chi connectivity index (χ3n) is 3.47. The summed E-state index contributed by atoms with van der Waals surface area (Å²) in [4.78, 5) is 4.37. The molecule has 5 heteroatoms. The van der Waals surface area contributed by atoms with Crippen molar-refractivity contribution < 1.29 is 4.74 Å². The molecule has 2 aromatic rings. The lowest BCUT2D eigenvalue weighted by atomic mass is 10.1. The van der Waals surface area contributed by atoms with Gasteiger partial charge in [-0.15, -0.1) is 24.0 Å². The van der Waals surface area contributed by atoms with Crippen molar-refractivity contribution in [2.24, 2.45) is 10.7 Å². The lowest BCUT2D eigenvalue weighted by molar-refractivity contribution is 0.415. The molecule has 1 saturated carbocycles. The highest BCUT2D eigenvalue weighted by Gasteiger charge is 2.21. The van der Waals surface area contributed by atoms with Crippen molar-refractivity contribution in [3.63, 3.8) is 0 Å². The van der Waals surface area contributed by atoms with Gasteiger partial charge in [0.15, 0.2) is 5.96 Å². The van der Waals surface area contributed by atoms with Crippen LogP contribution >= 0.6 is 24.0 Å². The number of hydrogen-bond donors (Lipinski definition) is 2. The van der Waals surface area contributed by atoms with Gasteiger partial charge in [0.2, 0.25) is 0 Å². The molecule has 0 aromatic heterocycles. The molecule has 0 saturated heterocycles. The number of aliphatic imine (C=N–C) groups is 1. The number of hydrogen-bond acceptors (Lipinski definition) is 2. The third kappa shape index (κ3) is 4.23. The molecule has 0 spiro atoms. The highest BCUT2D eigenvalue weighted by atomic mass is 127. The molecule has 0 amide bonds. The number of halogens is 1. The van der Waals surface area contributed by atoms with E-state index in [0.717, 1.165) is 11.3 Å². The minimum absolute atomic E-state index is 0. The largest absolute Gasteiger partial charge is 0.497 e. The summed E-state index contributed by atoms with van der Waals surface area (Å²) >= 11 is 0. The third-order valence-corrected chi connectivity index (χ3v) is 3.47. The number of methoxy groups -OCH3 is 1. The highest BCUT2D eigenvalue weighted by Crippen LogP contribution is 2.22. The van der Waals surface area contributed by atoms with Crippen LogP contribution in [0.15, 0.2) is 41.4 Å². The van der Waals surface area contributed by atoms with Gasteiger partial charge in [0.1, 0.15) is 5.75 Å². The molecular weight excluding hydrogens is 377 g/mol. The first kappa shape index (κ1) is 15.9. The quantitative estimate of drug-likeness (QED) is 0.474. The summed E-state index contributed by atoms with van der Waals surface area (Å²) in [5.74, 6) is 1.42. The van der Waals surface area contributed by atoms with Crippen LogP contribution in [0.2, 0.25) is 0 Å². The van der Waals surface area contributed by atoms with Gasteiger partial charge in [0, 0.05) is 6.04 Å². The maximum Gasteiger partial charge on any atom is 0.189 e. The molecule has 1 fully saturated rings. The zero-order valence-electron chi connectivity index (χ0n) is 12.0. The van der Waals surface area contributed by atoms with Crippen LogP contribution in [0.5, 0.6) is 5.75 Å². The van der Waals surface area contributed by atoms with E-state index in [4.69, 9.17) is 10.5 Å². The van der Waals surface area contributed by atoms with E-state index in [2.05, 4.69) is 34.6 Å². The lowest BCUT2D eigenvalue weighted by Crippen LogP contribution is -2.33. The second-order valence-electron chi connectivity index (χ2n) is 5.17. The molecule has 112 valence electrons. The lowest BCUT2D eigenvalue weighted by Gasteiger charge is -2.06. The van der Waals surface area contributed by atoms with Gasteiger partial charge in [-0.2, -0.15) is 0 Å². The first-order valence-electron chi connectivity index (χ1n) is 6.88. The predicted molar refractivity (Wildman–Crippen MR) is 97.4 cm³/mol.